The van der Waals surface area contributed by atoms with Crippen molar-refractivity contribution >= 4 is 24.3 Å². The molecule has 1 saturated heterocycles. The summed E-state index contributed by atoms with van der Waals surface area (Å²) in [4.78, 5) is 12.0. The third-order valence-corrected chi connectivity index (χ3v) is 2.10. The molecule has 76 valence electrons. The van der Waals surface area contributed by atoms with Crippen LogP contribution >= 0.6 is 12.4 Å². The highest BCUT2D eigenvalue weighted by Gasteiger charge is 2.27. The number of rotatable bonds is 2. The minimum atomic E-state index is -0.826. The van der Waals surface area contributed by atoms with E-state index in [2.05, 4.69) is 0 Å². The molecular formula is C7H14ClN3O2. The zero-order valence-electron chi connectivity index (χ0n) is 7.19. The maximum Gasteiger partial charge on any atom is 0.305 e. The number of hydrogen-bond donors (Lipinski definition) is 3. The summed E-state index contributed by atoms with van der Waals surface area (Å²) < 4.78 is 0. The lowest BCUT2D eigenvalue weighted by Gasteiger charge is -2.22. The monoisotopic (exact) mass is 207 g/mol. The molecule has 4 N–H and O–H groups in total. The SMILES string of the molecule is Cl.N=C(N)N1CCCC1CC(=O)O. The Balaban J connectivity index is 0.00000144. The third-order valence-electron chi connectivity index (χ3n) is 2.10. The molecule has 1 fully saturated rings. The summed E-state index contributed by atoms with van der Waals surface area (Å²) >= 11 is 0. The van der Waals surface area contributed by atoms with Gasteiger partial charge in [0.2, 0.25) is 0 Å². The summed E-state index contributed by atoms with van der Waals surface area (Å²) in [5.41, 5.74) is 5.28. The topological polar surface area (TPSA) is 90.4 Å². The van der Waals surface area contributed by atoms with Crippen molar-refractivity contribution in [1.82, 2.24) is 4.90 Å². The fourth-order valence-electron chi connectivity index (χ4n) is 1.57. The standard InChI is InChI=1S/C7H13N3O2.ClH/c8-7(9)10-3-1-2-5(10)4-6(11)12;/h5H,1-4H2,(H3,8,9)(H,11,12);1H. The van der Waals surface area contributed by atoms with Crippen molar-refractivity contribution < 1.29 is 9.90 Å². The molecule has 0 bridgehead atoms. The van der Waals surface area contributed by atoms with Crippen molar-refractivity contribution in [2.45, 2.75) is 25.3 Å². The van der Waals surface area contributed by atoms with Crippen LogP contribution in [0.15, 0.2) is 0 Å². The van der Waals surface area contributed by atoms with Crippen LogP contribution in [-0.2, 0) is 4.79 Å². The van der Waals surface area contributed by atoms with Crippen LogP contribution < -0.4 is 5.73 Å². The Hall–Kier alpha value is -0.970. The molecule has 0 spiro atoms. The lowest BCUT2D eigenvalue weighted by molar-refractivity contribution is -0.137. The highest BCUT2D eigenvalue weighted by molar-refractivity contribution is 5.85. The first-order valence-electron chi connectivity index (χ1n) is 3.93. The second kappa shape index (κ2) is 4.91. The van der Waals surface area contributed by atoms with E-state index in [9.17, 15) is 4.79 Å². The van der Waals surface area contributed by atoms with Gasteiger partial charge < -0.3 is 15.7 Å². The van der Waals surface area contributed by atoms with Gasteiger partial charge in [-0.05, 0) is 12.8 Å². The number of nitrogens with zero attached hydrogens (tertiary/aromatic N) is 1. The molecule has 0 amide bonds. The maximum atomic E-state index is 10.4. The lowest BCUT2D eigenvalue weighted by atomic mass is 10.1. The number of guanidine groups is 1. The van der Waals surface area contributed by atoms with Gasteiger partial charge in [0.1, 0.15) is 0 Å². The zero-order chi connectivity index (χ0) is 9.14. The summed E-state index contributed by atoms with van der Waals surface area (Å²) in [6.45, 7) is 0.716. The van der Waals surface area contributed by atoms with Gasteiger partial charge in [-0.3, -0.25) is 10.2 Å². The predicted octanol–water partition coefficient (Wildman–Crippen LogP) is 0.241. The van der Waals surface area contributed by atoms with Gasteiger partial charge in [-0.25, -0.2) is 0 Å². The summed E-state index contributed by atoms with van der Waals surface area (Å²) in [6.07, 6.45) is 1.84. The van der Waals surface area contributed by atoms with Gasteiger partial charge in [0, 0.05) is 12.6 Å². The van der Waals surface area contributed by atoms with Gasteiger partial charge in [-0.2, -0.15) is 0 Å². The van der Waals surface area contributed by atoms with E-state index >= 15 is 0 Å². The number of likely N-dealkylation sites (tertiary alicyclic amines) is 1. The first-order chi connectivity index (χ1) is 5.61. The Kier molecular flexibility index (Phi) is 4.55. The Bertz CT molecular complexity index is 210. The van der Waals surface area contributed by atoms with Crippen LogP contribution in [0.3, 0.4) is 0 Å². The van der Waals surface area contributed by atoms with Gasteiger partial charge in [0.25, 0.3) is 0 Å². The van der Waals surface area contributed by atoms with E-state index < -0.39 is 5.97 Å². The molecule has 6 heteroatoms. The second-order valence-electron chi connectivity index (χ2n) is 2.97. The summed E-state index contributed by atoms with van der Waals surface area (Å²) in [5, 5.41) is 15.7. The average Bonchev–Trinajstić information content (AvgIpc) is 2.33. The van der Waals surface area contributed by atoms with Gasteiger partial charge in [-0.1, -0.05) is 0 Å². The number of carboxylic acid groups (broad SMARTS) is 1. The van der Waals surface area contributed by atoms with Crippen LogP contribution in [-0.4, -0.2) is 34.5 Å². The molecule has 0 aromatic heterocycles. The second-order valence-corrected chi connectivity index (χ2v) is 2.97. The van der Waals surface area contributed by atoms with Crippen molar-refractivity contribution in [2.75, 3.05) is 6.54 Å². The Morgan fingerprint density at radius 3 is 2.77 bits per heavy atom. The number of hydrogen-bond acceptors (Lipinski definition) is 2. The molecule has 1 heterocycles. The van der Waals surface area contributed by atoms with Crippen molar-refractivity contribution in [3.05, 3.63) is 0 Å². The summed E-state index contributed by atoms with van der Waals surface area (Å²) in [6, 6.07) is -0.0694. The van der Waals surface area contributed by atoms with E-state index in [0.29, 0.717) is 6.54 Å². The van der Waals surface area contributed by atoms with E-state index in [0.717, 1.165) is 12.8 Å². The van der Waals surface area contributed by atoms with E-state index in [1.807, 2.05) is 0 Å². The molecule has 1 aliphatic rings. The quantitative estimate of drug-likeness (QED) is 0.447. The molecule has 13 heavy (non-hydrogen) atoms. The minimum Gasteiger partial charge on any atom is -0.481 e. The van der Waals surface area contributed by atoms with Gasteiger partial charge in [0.05, 0.1) is 6.42 Å². The number of nitrogens with one attached hydrogen (secondary N) is 1. The first kappa shape index (κ1) is 12.0. The normalized spacial score (nSPS) is 20.9. The van der Waals surface area contributed by atoms with E-state index in [1.54, 1.807) is 4.90 Å². The summed E-state index contributed by atoms with van der Waals surface area (Å²) in [5.74, 6) is -0.841. The van der Waals surface area contributed by atoms with E-state index in [4.69, 9.17) is 16.2 Å². The fourth-order valence-corrected chi connectivity index (χ4v) is 1.57. The molecule has 1 rings (SSSR count). The molecule has 1 atom stereocenters. The Morgan fingerprint density at radius 2 is 2.31 bits per heavy atom. The number of carbonyl (C=O) groups is 1. The van der Waals surface area contributed by atoms with Crippen LogP contribution in [0.2, 0.25) is 0 Å². The first-order valence-corrected chi connectivity index (χ1v) is 3.93. The maximum absolute atomic E-state index is 10.4. The van der Waals surface area contributed by atoms with Crippen molar-refractivity contribution in [3.8, 4) is 0 Å². The zero-order valence-corrected chi connectivity index (χ0v) is 8.01. The fraction of sp³-hybridized carbons (Fsp3) is 0.714. The highest BCUT2D eigenvalue weighted by Crippen LogP contribution is 2.18. The minimum absolute atomic E-state index is 0. The van der Waals surface area contributed by atoms with Crippen molar-refractivity contribution in [3.63, 3.8) is 0 Å². The summed E-state index contributed by atoms with van der Waals surface area (Å²) in [7, 11) is 0. The van der Waals surface area contributed by atoms with Crippen LogP contribution in [0.4, 0.5) is 0 Å². The molecule has 0 radical (unpaired) electrons. The van der Waals surface area contributed by atoms with Crippen LogP contribution in [0.25, 0.3) is 0 Å². The van der Waals surface area contributed by atoms with Gasteiger partial charge >= 0.3 is 5.97 Å². The van der Waals surface area contributed by atoms with Crippen LogP contribution in [0.5, 0.6) is 0 Å². The van der Waals surface area contributed by atoms with E-state index in [-0.39, 0.29) is 30.8 Å². The number of aliphatic carboxylic acids is 1. The highest BCUT2D eigenvalue weighted by atomic mass is 35.5. The molecule has 1 aliphatic heterocycles. The smallest absolute Gasteiger partial charge is 0.305 e. The molecule has 0 aromatic rings. The van der Waals surface area contributed by atoms with Gasteiger partial charge in [0.15, 0.2) is 5.96 Å². The molecule has 0 aliphatic carbocycles. The molecular weight excluding hydrogens is 194 g/mol. The molecule has 5 nitrogen and oxygen atoms in total. The third kappa shape index (κ3) is 3.10. The van der Waals surface area contributed by atoms with Crippen LogP contribution in [0.1, 0.15) is 19.3 Å². The molecule has 0 saturated carbocycles. The number of carboxylic acids is 1. The van der Waals surface area contributed by atoms with E-state index in [1.165, 1.54) is 0 Å². The number of nitrogens with two attached hydrogens (primary N) is 1. The van der Waals surface area contributed by atoms with Crippen molar-refractivity contribution in [1.29, 1.82) is 5.41 Å². The molecule has 1 unspecified atom stereocenters. The molecule has 0 aromatic carbocycles. The van der Waals surface area contributed by atoms with Crippen LogP contribution in [0, 0.1) is 5.41 Å². The predicted molar refractivity (Wildman–Crippen MR) is 51.1 cm³/mol. The largest absolute Gasteiger partial charge is 0.481 e. The van der Waals surface area contributed by atoms with Gasteiger partial charge in [-0.15, -0.1) is 12.4 Å². The Labute approximate surface area is 82.8 Å². The van der Waals surface area contributed by atoms with Crippen molar-refractivity contribution in [2.24, 2.45) is 5.73 Å². The average molecular weight is 208 g/mol. The lowest BCUT2D eigenvalue weighted by Crippen LogP contribution is -2.40. The Morgan fingerprint density at radius 1 is 1.69 bits per heavy atom. The number of halogens is 1.